The van der Waals surface area contributed by atoms with Crippen LogP contribution >= 0.6 is 0 Å². The van der Waals surface area contributed by atoms with E-state index in [9.17, 15) is 0 Å². The number of hydrogen-bond donors (Lipinski definition) is 0. The molecular formula is C82H74N4. The predicted octanol–water partition coefficient (Wildman–Crippen LogP) is 22.9. The van der Waals surface area contributed by atoms with E-state index >= 15 is 0 Å². The highest BCUT2D eigenvalue weighted by Crippen LogP contribution is 2.51. The monoisotopic (exact) mass is 1110 g/mol. The van der Waals surface area contributed by atoms with Crippen molar-refractivity contribution in [2.45, 2.75) is 117 Å². The topological polar surface area (TPSA) is 16.3 Å². The third-order valence-electron chi connectivity index (χ3n) is 20.7. The molecule has 2 aliphatic rings. The van der Waals surface area contributed by atoms with Crippen LogP contribution in [0.3, 0.4) is 0 Å². The van der Waals surface area contributed by atoms with E-state index < -0.39 is 0 Å². The lowest BCUT2D eigenvalue weighted by atomic mass is 9.82. The second kappa shape index (κ2) is 20.3. The van der Waals surface area contributed by atoms with Crippen molar-refractivity contribution in [3.05, 3.63) is 252 Å². The molecule has 0 N–H and O–H groups in total. The van der Waals surface area contributed by atoms with E-state index in [0.29, 0.717) is 0 Å². The smallest absolute Gasteiger partial charge is 0.0561 e. The molecule has 0 atom stereocenters. The number of hydrogen-bond acceptors (Lipinski definition) is 2. The van der Waals surface area contributed by atoms with Crippen molar-refractivity contribution in [1.82, 2.24) is 9.13 Å². The molecule has 86 heavy (non-hydrogen) atoms. The van der Waals surface area contributed by atoms with Gasteiger partial charge in [0.25, 0.3) is 0 Å². The first-order valence-corrected chi connectivity index (χ1v) is 31.9. The number of aryl methyl sites for hydroxylation is 2. The SMILES string of the molecule is CCC(C)(C)c1cccc(-n2c3ccccc3c3ccc(N(c4cccc5c4CCCC5)c4ccc5ccc6c(N(c7ccc8c9ccccc9n(-c9cccc(C(C)(C)CC)c9)c8c7)c7cccc8c7CCCC8)ccc7ccc4c5c76)cc32)c1. The molecule has 0 aliphatic heterocycles. The van der Waals surface area contributed by atoms with Gasteiger partial charge >= 0.3 is 0 Å². The summed E-state index contributed by atoms with van der Waals surface area (Å²) in [6.45, 7) is 14.1. The number of rotatable bonds is 12. The van der Waals surface area contributed by atoms with Gasteiger partial charge in [-0.05, 0) is 215 Å². The molecule has 0 saturated heterocycles. The van der Waals surface area contributed by atoms with Crippen molar-refractivity contribution < 1.29 is 0 Å². The first kappa shape index (κ1) is 52.4. The lowest BCUT2D eigenvalue weighted by molar-refractivity contribution is 0.506. The van der Waals surface area contributed by atoms with Crippen LogP contribution in [0, 0.1) is 0 Å². The molecule has 4 nitrogen and oxygen atoms in total. The van der Waals surface area contributed by atoms with Crippen molar-refractivity contribution in [3.8, 4) is 11.4 Å². The largest absolute Gasteiger partial charge is 0.310 e. The Morgan fingerprint density at radius 1 is 0.337 bits per heavy atom. The van der Waals surface area contributed by atoms with E-state index in [-0.39, 0.29) is 10.8 Å². The van der Waals surface area contributed by atoms with Crippen LogP contribution in [0.15, 0.2) is 218 Å². The quantitative estimate of drug-likeness (QED) is 0.113. The minimum Gasteiger partial charge on any atom is -0.310 e. The molecule has 0 saturated carbocycles. The summed E-state index contributed by atoms with van der Waals surface area (Å²) in [5.41, 5.74) is 23.2. The first-order valence-electron chi connectivity index (χ1n) is 31.9. The average molecular weight is 1120 g/mol. The number of para-hydroxylation sites is 2. The second-order valence-corrected chi connectivity index (χ2v) is 26.2. The zero-order valence-electron chi connectivity index (χ0n) is 50.6. The molecule has 0 fully saturated rings. The highest BCUT2D eigenvalue weighted by atomic mass is 15.2. The lowest BCUT2D eigenvalue weighted by Crippen LogP contribution is -2.16. The van der Waals surface area contributed by atoms with Gasteiger partial charge in [-0.25, -0.2) is 0 Å². The van der Waals surface area contributed by atoms with Crippen molar-refractivity contribution in [1.29, 1.82) is 0 Å². The molecule has 2 heterocycles. The number of benzene rings is 12. The number of aromatic nitrogens is 2. The zero-order valence-corrected chi connectivity index (χ0v) is 50.6. The summed E-state index contributed by atoms with van der Waals surface area (Å²) in [6.07, 6.45) is 11.3. The molecule has 0 unspecified atom stereocenters. The first-order chi connectivity index (χ1) is 42.1. The van der Waals surface area contributed by atoms with Gasteiger partial charge in [-0.15, -0.1) is 0 Å². The highest BCUT2D eigenvalue weighted by Gasteiger charge is 2.29. The standard InChI is InChI=1S/C82H74N4/c1-7-81(3,4)57-25-19-27-59(49-57)85-73-33-15-13-31-65(73)67-45-41-61(51-77(67)85)83(71-35-17-23-53-21-9-11-29-63(53)71)75-47-39-55-38-44-70-76(48-40-56-37-43-69(75)79(55)80(56)70)84(72-36-18-24-54-22-10-12-30-64(54)72)62-42-46-68-66-32-14-16-34-74(66)86(78(68)52-62)60-28-20-26-58(50-60)82(5,6)8-2/h13-20,23-28,31-52H,7-12,21-22,29-30H2,1-6H3. The Morgan fingerprint density at radius 3 is 1.19 bits per heavy atom. The lowest BCUT2D eigenvalue weighted by Gasteiger charge is -2.33. The fraction of sp³-hybridized carbons (Fsp3) is 0.220. The maximum Gasteiger partial charge on any atom is 0.0561 e. The molecule has 4 heteroatoms. The Morgan fingerprint density at radius 2 is 0.733 bits per heavy atom. The molecule has 12 aromatic carbocycles. The van der Waals surface area contributed by atoms with Crippen LogP contribution < -0.4 is 9.80 Å². The van der Waals surface area contributed by atoms with Gasteiger partial charge in [-0.1, -0.05) is 175 Å². The molecule has 0 spiro atoms. The minimum atomic E-state index is 0.0498. The van der Waals surface area contributed by atoms with Crippen molar-refractivity contribution in [2.75, 3.05) is 9.80 Å². The van der Waals surface area contributed by atoms with Crippen LogP contribution in [0.5, 0.6) is 0 Å². The summed E-state index contributed by atoms with van der Waals surface area (Å²) < 4.78 is 5.04. The van der Waals surface area contributed by atoms with Gasteiger partial charge in [0.05, 0.1) is 33.4 Å². The molecule has 0 radical (unpaired) electrons. The predicted molar refractivity (Wildman–Crippen MR) is 368 cm³/mol. The Labute approximate surface area is 505 Å². The minimum absolute atomic E-state index is 0.0498. The van der Waals surface area contributed by atoms with E-state index in [0.717, 1.165) is 49.9 Å². The molecular weight excluding hydrogens is 1040 g/mol. The van der Waals surface area contributed by atoms with Crippen LogP contribution in [0.1, 0.15) is 113 Å². The molecule has 16 rings (SSSR count). The molecule has 422 valence electrons. The van der Waals surface area contributed by atoms with Crippen molar-refractivity contribution in [2.24, 2.45) is 0 Å². The summed E-state index contributed by atoms with van der Waals surface area (Å²) in [4.78, 5) is 5.26. The van der Waals surface area contributed by atoms with Crippen LogP contribution in [0.2, 0.25) is 0 Å². The van der Waals surface area contributed by atoms with Crippen LogP contribution in [-0.4, -0.2) is 9.13 Å². The second-order valence-electron chi connectivity index (χ2n) is 26.2. The summed E-state index contributed by atoms with van der Waals surface area (Å²) in [6, 6.07) is 84.6. The van der Waals surface area contributed by atoms with E-state index in [1.807, 2.05) is 0 Å². The third kappa shape index (κ3) is 8.23. The number of nitrogens with zero attached hydrogens (tertiary/aromatic N) is 4. The van der Waals surface area contributed by atoms with E-state index in [1.54, 1.807) is 0 Å². The maximum atomic E-state index is 2.63. The van der Waals surface area contributed by atoms with E-state index in [4.69, 9.17) is 0 Å². The van der Waals surface area contributed by atoms with Gasteiger partial charge in [-0.2, -0.15) is 0 Å². The van der Waals surface area contributed by atoms with Gasteiger partial charge in [0.2, 0.25) is 0 Å². The number of fused-ring (bicyclic) bond motifs is 8. The van der Waals surface area contributed by atoms with E-state index in [2.05, 4.69) is 279 Å². The van der Waals surface area contributed by atoms with Gasteiger partial charge in [0, 0.05) is 66.4 Å². The van der Waals surface area contributed by atoms with Gasteiger partial charge in [0.1, 0.15) is 0 Å². The Kier molecular flexibility index (Phi) is 12.4. The van der Waals surface area contributed by atoms with Gasteiger partial charge < -0.3 is 18.9 Å². The van der Waals surface area contributed by atoms with Crippen LogP contribution in [0.25, 0.3) is 87.3 Å². The Hall–Kier alpha value is -9.12. The summed E-state index contributed by atoms with van der Waals surface area (Å²) >= 11 is 0. The molecule has 2 aliphatic carbocycles. The summed E-state index contributed by atoms with van der Waals surface area (Å²) in [7, 11) is 0. The normalized spacial score (nSPS) is 13.9. The van der Waals surface area contributed by atoms with Crippen LogP contribution in [-0.2, 0) is 36.5 Å². The maximum absolute atomic E-state index is 2.63. The van der Waals surface area contributed by atoms with Gasteiger partial charge in [-0.3, -0.25) is 0 Å². The van der Waals surface area contributed by atoms with Crippen molar-refractivity contribution >= 4 is 110 Å². The molecule has 14 aromatic rings. The van der Waals surface area contributed by atoms with Crippen LogP contribution in [0.4, 0.5) is 34.1 Å². The fourth-order valence-electron chi connectivity index (χ4n) is 15.2. The Balaban J connectivity index is 0.931. The summed E-state index contributed by atoms with van der Waals surface area (Å²) in [5, 5.41) is 12.7. The van der Waals surface area contributed by atoms with E-state index in [1.165, 1.54) is 169 Å². The molecule has 0 amide bonds. The molecule has 2 aromatic heterocycles. The third-order valence-corrected chi connectivity index (χ3v) is 20.7. The number of anilines is 6. The Bertz CT molecular complexity index is 4690. The average Bonchev–Trinajstić information content (AvgIpc) is 1.03. The zero-order chi connectivity index (χ0) is 58.0. The molecule has 0 bridgehead atoms. The van der Waals surface area contributed by atoms with Crippen molar-refractivity contribution in [3.63, 3.8) is 0 Å². The summed E-state index contributed by atoms with van der Waals surface area (Å²) in [5.74, 6) is 0. The fourth-order valence-corrected chi connectivity index (χ4v) is 15.2. The van der Waals surface area contributed by atoms with Gasteiger partial charge in [0.15, 0.2) is 0 Å². The highest BCUT2D eigenvalue weighted by molar-refractivity contribution is 6.28.